The number of carbonyl (C=O) groups excluding carboxylic acids is 2. The first-order valence-corrected chi connectivity index (χ1v) is 5.69. The Labute approximate surface area is 105 Å². The summed E-state index contributed by atoms with van der Waals surface area (Å²) in [6.07, 6.45) is 2.04. The predicted octanol–water partition coefficient (Wildman–Crippen LogP) is 0.416. The molecule has 94 valence electrons. The summed E-state index contributed by atoms with van der Waals surface area (Å²) in [5.41, 5.74) is 11.8. The van der Waals surface area contributed by atoms with Crippen LogP contribution in [0.15, 0.2) is 36.0 Å². The Morgan fingerprint density at radius 1 is 1.17 bits per heavy atom. The molecule has 1 atom stereocenters. The van der Waals surface area contributed by atoms with E-state index >= 15 is 0 Å². The second-order valence-corrected chi connectivity index (χ2v) is 4.33. The molecule has 0 spiro atoms. The van der Waals surface area contributed by atoms with Crippen LogP contribution in [0.25, 0.3) is 0 Å². The van der Waals surface area contributed by atoms with E-state index in [1.165, 1.54) is 6.08 Å². The molecule has 5 N–H and O–H groups in total. The Kier molecular flexibility index (Phi) is 2.82. The zero-order valence-electron chi connectivity index (χ0n) is 10.1. The van der Waals surface area contributed by atoms with E-state index in [-0.39, 0.29) is 11.6 Å². The third-order valence-electron chi connectivity index (χ3n) is 3.28. The largest absolute Gasteiger partial charge is 0.399 e. The number of anilines is 1. The van der Waals surface area contributed by atoms with Crippen molar-refractivity contribution in [2.75, 3.05) is 5.73 Å². The number of nitrogens with one attached hydrogen (secondary N) is 1. The first kappa shape index (κ1) is 12.2. The highest BCUT2D eigenvalue weighted by Gasteiger charge is 2.41. The number of nitrogen functional groups attached to an aromatic ring is 1. The van der Waals surface area contributed by atoms with Gasteiger partial charge in [0.15, 0.2) is 0 Å². The summed E-state index contributed by atoms with van der Waals surface area (Å²) >= 11 is 0. The highest BCUT2D eigenvalue weighted by molar-refractivity contribution is 6.11. The molecule has 0 bridgehead atoms. The fourth-order valence-corrected chi connectivity index (χ4v) is 2.15. The van der Waals surface area contributed by atoms with Crippen LogP contribution in [0.3, 0.4) is 0 Å². The maximum atomic E-state index is 12.1. The van der Waals surface area contributed by atoms with E-state index in [1.54, 1.807) is 24.3 Å². The fourth-order valence-electron chi connectivity index (χ4n) is 2.15. The van der Waals surface area contributed by atoms with Crippen LogP contribution in [0, 0.1) is 0 Å². The minimum atomic E-state index is -0.897. The lowest BCUT2D eigenvalue weighted by Crippen LogP contribution is -2.51. The van der Waals surface area contributed by atoms with Gasteiger partial charge in [-0.05, 0) is 30.2 Å². The number of hydrogen-bond acceptors (Lipinski definition) is 4. The van der Waals surface area contributed by atoms with Crippen molar-refractivity contribution in [3.8, 4) is 0 Å². The molecule has 2 amide bonds. The molecule has 1 aromatic rings. The Morgan fingerprint density at radius 2 is 1.78 bits per heavy atom. The smallest absolute Gasteiger partial charge is 0.273 e. The maximum absolute atomic E-state index is 12.1. The van der Waals surface area contributed by atoms with Crippen LogP contribution in [-0.4, -0.2) is 11.8 Å². The zero-order valence-corrected chi connectivity index (χ0v) is 10.1. The Balaban J connectivity index is 2.57. The van der Waals surface area contributed by atoms with Crippen LogP contribution in [0.5, 0.6) is 0 Å². The van der Waals surface area contributed by atoms with E-state index in [0.717, 1.165) is 5.56 Å². The van der Waals surface area contributed by atoms with Gasteiger partial charge in [-0.25, -0.2) is 0 Å². The molecular formula is C13H15N3O2. The summed E-state index contributed by atoms with van der Waals surface area (Å²) in [7, 11) is 0. The van der Waals surface area contributed by atoms with E-state index < -0.39 is 11.3 Å². The standard InChI is InChI=1S/C13H15N3O2/c1-2-13(8-3-5-9(14)6-4-8)7-10(15)11(17)16-12(13)18/h3-7H,2,14-15H2,1H3,(H,16,17,18). The van der Waals surface area contributed by atoms with Crippen LogP contribution in [0.1, 0.15) is 18.9 Å². The minimum absolute atomic E-state index is 0.0632. The molecule has 5 heteroatoms. The summed E-state index contributed by atoms with van der Waals surface area (Å²) in [6, 6.07) is 7.00. The molecular weight excluding hydrogens is 230 g/mol. The van der Waals surface area contributed by atoms with E-state index in [4.69, 9.17) is 11.5 Å². The van der Waals surface area contributed by atoms with Crippen molar-refractivity contribution in [2.45, 2.75) is 18.8 Å². The summed E-state index contributed by atoms with van der Waals surface area (Å²) in [5, 5.41) is 2.28. The van der Waals surface area contributed by atoms with Gasteiger partial charge in [-0.15, -0.1) is 0 Å². The van der Waals surface area contributed by atoms with Crippen LogP contribution >= 0.6 is 0 Å². The second kappa shape index (κ2) is 4.18. The summed E-state index contributed by atoms with van der Waals surface area (Å²) in [4.78, 5) is 23.5. The first-order chi connectivity index (χ1) is 8.49. The monoisotopic (exact) mass is 245 g/mol. The molecule has 1 unspecified atom stereocenters. The van der Waals surface area contributed by atoms with Gasteiger partial charge in [0, 0.05) is 5.69 Å². The van der Waals surface area contributed by atoms with Crippen molar-refractivity contribution in [2.24, 2.45) is 5.73 Å². The average molecular weight is 245 g/mol. The van der Waals surface area contributed by atoms with Crippen molar-refractivity contribution in [3.63, 3.8) is 0 Å². The number of rotatable bonds is 2. The highest BCUT2D eigenvalue weighted by Crippen LogP contribution is 2.33. The molecule has 18 heavy (non-hydrogen) atoms. The molecule has 0 saturated carbocycles. The van der Waals surface area contributed by atoms with Crippen LogP contribution in [0.4, 0.5) is 5.69 Å². The van der Waals surface area contributed by atoms with Crippen LogP contribution in [-0.2, 0) is 15.0 Å². The van der Waals surface area contributed by atoms with Gasteiger partial charge in [0.1, 0.15) is 0 Å². The summed E-state index contributed by atoms with van der Waals surface area (Å²) in [5.74, 6) is -0.895. The van der Waals surface area contributed by atoms with E-state index in [9.17, 15) is 9.59 Å². The summed E-state index contributed by atoms with van der Waals surface area (Å²) < 4.78 is 0. The van der Waals surface area contributed by atoms with Crippen molar-refractivity contribution < 1.29 is 9.59 Å². The molecule has 1 aliphatic heterocycles. The lowest BCUT2D eigenvalue weighted by atomic mass is 9.75. The molecule has 0 fully saturated rings. The van der Waals surface area contributed by atoms with Gasteiger partial charge in [0.05, 0.1) is 11.1 Å². The molecule has 2 rings (SSSR count). The molecule has 1 heterocycles. The first-order valence-electron chi connectivity index (χ1n) is 5.69. The van der Waals surface area contributed by atoms with Crippen molar-refractivity contribution >= 4 is 17.5 Å². The van der Waals surface area contributed by atoms with E-state index in [1.807, 2.05) is 6.92 Å². The summed E-state index contributed by atoms with van der Waals surface area (Å²) in [6.45, 7) is 1.87. The Bertz CT molecular complexity index is 534. The number of amides is 2. The van der Waals surface area contributed by atoms with Gasteiger partial charge < -0.3 is 11.5 Å². The molecule has 0 aromatic heterocycles. The van der Waals surface area contributed by atoms with E-state index in [0.29, 0.717) is 12.1 Å². The van der Waals surface area contributed by atoms with Crippen LogP contribution < -0.4 is 16.8 Å². The van der Waals surface area contributed by atoms with Gasteiger partial charge in [0.25, 0.3) is 5.91 Å². The highest BCUT2D eigenvalue weighted by atomic mass is 16.2. The predicted molar refractivity (Wildman–Crippen MR) is 68.2 cm³/mol. The van der Waals surface area contributed by atoms with Gasteiger partial charge in [0.2, 0.25) is 5.91 Å². The maximum Gasteiger partial charge on any atom is 0.273 e. The second-order valence-electron chi connectivity index (χ2n) is 4.33. The van der Waals surface area contributed by atoms with Gasteiger partial charge in [-0.2, -0.15) is 0 Å². The molecule has 1 aliphatic rings. The minimum Gasteiger partial charge on any atom is -0.399 e. The lowest BCUT2D eigenvalue weighted by Gasteiger charge is -2.32. The van der Waals surface area contributed by atoms with Crippen molar-refractivity contribution in [1.29, 1.82) is 0 Å². The number of imide groups is 1. The normalized spacial score (nSPS) is 23.5. The van der Waals surface area contributed by atoms with Crippen molar-refractivity contribution in [3.05, 3.63) is 41.6 Å². The Hall–Kier alpha value is -2.30. The lowest BCUT2D eigenvalue weighted by molar-refractivity contribution is -0.132. The molecule has 0 saturated heterocycles. The van der Waals surface area contributed by atoms with Crippen molar-refractivity contribution in [1.82, 2.24) is 5.32 Å². The number of carbonyl (C=O) groups is 2. The molecule has 1 aromatic carbocycles. The number of nitrogens with two attached hydrogens (primary N) is 2. The fraction of sp³-hybridized carbons (Fsp3) is 0.231. The molecule has 5 nitrogen and oxygen atoms in total. The molecule has 0 radical (unpaired) electrons. The zero-order chi connectivity index (χ0) is 13.3. The number of benzene rings is 1. The van der Waals surface area contributed by atoms with Gasteiger partial charge >= 0.3 is 0 Å². The van der Waals surface area contributed by atoms with E-state index in [2.05, 4.69) is 5.32 Å². The van der Waals surface area contributed by atoms with Gasteiger partial charge in [-0.1, -0.05) is 19.1 Å². The third-order valence-corrected chi connectivity index (χ3v) is 3.28. The van der Waals surface area contributed by atoms with Crippen LogP contribution in [0.2, 0.25) is 0 Å². The third kappa shape index (κ3) is 1.73. The topological polar surface area (TPSA) is 98.2 Å². The quantitative estimate of drug-likeness (QED) is 0.519. The Morgan fingerprint density at radius 3 is 2.33 bits per heavy atom. The number of hydrogen-bond donors (Lipinski definition) is 3. The average Bonchev–Trinajstić information content (AvgIpc) is 2.35. The SMILES string of the molecule is CCC1(c2ccc(N)cc2)C=C(N)C(=O)NC1=O. The molecule has 0 aliphatic carbocycles. The van der Waals surface area contributed by atoms with Gasteiger partial charge in [-0.3, -0.25) is 14.9 Å².